The van der Waals surface area contributed by atoms with Crippen molar-refractivity contribution < 1.29 is 24.2 Å². The van der Waals surface area contributed by atoms with Crippen LogP contribution < -0.4 is 5.32 Å². The Morgan fingerprint density at radius 1 is 1.35 bits per heavy atom. The number of nitrogens with one attached hydrogen (secondary N) is 1. The Balaban J connectivity index is 2.50. The SMILES string of the molecule is CCCN(CC(=O)OC)C(=O)NC1CCC(C(=O)O)C1. The van der Waals surface area contributed by atoms with Crippen LogP contribution in [0.25, 0.3) is 0 Å². The summed E-state index contributed by atoms with van der Waals surface area (Å²) in [6.07, 6.45) is 2.40. The van der Waals surface area contributed by atoms with Gasteiger partial charge < -0.3 is 20.1 Å². The summed E-state index contributed by atoms with van der Waals surface area (Å²) in [5.41, 5.74) is 0. The van der Waals surface area contributed by atoms with Crippen molar-refractivity contribution in [1.29, 1.82) is 0 Å². The van der Waals surface area contributed by atoms with Crippen molar-refractivity contribution in [3.63, 3.8) is 0 Å². The van der Waals surface area contributed by atoms with Crippen molar-refractivity contribution in [3.05, 3.63) is 0 Å². The molecule has 114 valence electrons. The Labute approximate surface area is 118 Å². The van der Waals surface area contributed by atoms with E-state index < -0.39 is 11.9 Å². The van der Waals surface area contributed by atoms with Gasteiger partial charge in [0.15, 0.2) is 0 Å². The molecule has 1 rings (SSSR count). The topological polar surface area (TPSA) is 95.9 Å². The molecule has 1 aliphatic rings. The van der Waals surface area contributed by atoms with E-state index in [0.29, 0.717) is 25.8 Å². The smallest absolute Gasteiger partial charge is 0.325 e. The first-order chi connectivity index (χ1) is 9.47. The summed E-state index contributed by atoms with van der Waals surface area (Å²) in [4.78, 5) is 35.6. The van der Waals surface area contributed by atoms with Gasteiger partial charge in [-0.25, -0.2) is 4.79 Å². The van der Waals surface area contributed by atoms with Crippen molar-refractivity contribution in [1.82, 2.24) is 10.2 Å². The van der Waals surface area contributed by atoms with E-state index in [9.17, 15) is 14.4 Å². The molecule has 20 heavy (non-hydrogen) atoms. The van der Waals surface area contributed by atoms with Gasteiger partial charge in [0.05, 0.1) is 13.0 Å². The fourth-order valence-electron chi connectivity index (χ4n) is 2.35. The molecule has 2 N–H and O–H groups in total. The Bertz CT molecular complexity index is 372. The van der Waals surface area contributed by atoms with Crippen LogP contribution in [-0.4, -0.2) is 54.2 Å². The third-order valence-electron chi connectivity index (χ3n) is 3.44. The maximum absolute atomic E-state index is 12.1. The highest BCUT2D eigenvalue weighted by Crippen LogP contribution is 2.25. The van der Waals surface area contributed by atoms with Crippen LogP contribution in [0.3, 0.4) is 0 Å². The van der Waals surface area contributed by atoms with Crippen LogP contribution in [0.1, 0.15) is 32.6 Å². The van der Waals surface area contributed by atoms with Crippen molar-refractivity contribution in [2.24, 2.45) is 5.92 Å². The number of hydrogen-bond donors (Lipinski definition) is 2. The van der Waals surface area contributed by atoms with Gasteiger partial charge in [-0.05, 0) is 25.7 Å². The molecule has 0 aromatic carbocycles. The van der Waals surface area contributed by atoms with E-state index >= 15 is 0 Å². The van der Waals surface area contributed by atoms with Gasteiger partial charge in [-0.3, -0.25) is 9.59 Å². The van der Waals surface area contributed by atoms with E-state index in [1.54, 1.807) is 0 Å². The molecule has 2 atom stereocenters. The van der Waals surface area contributed by atoms with Crippen molar-refractivity contribution >= 4 is 18.0 Å². The number of amides is 2. The fraction of sp³-hybridized carbons (Fsp3) is 0.769. The standard InChI is InChI=1S/C13H22N2O5/c1-3-6-15(8-11(16)20-2)13(19)14-10-5-4-9(7-10)12(17)18/h9-10H,3-8H2,1-2H3,(H,14,19)(H,17,18). The van der Waals surface area contributed by atoms with Gasteiger partial charge in [0.25, 0.3) is 0 Å². The molecule has 2 unspecified atom stereocenters. The number of hydrogen-bond acceptors (Lipinski definition) is 4. The minimum absolute atomic E-state index is 0.0920. The molecule has 7 nitrogen and oxygen atoms in total. The lowest BCUT2D eigenvalue weighted by Crippen LogP contribution is -2.46. The van der Waals surface area contributed by atoms with Crippen LogP contribution in [0.4, 0.5) is 4.79 Å². The van der Waals surface area contributed by atoms with E-state index in [2.05, 4.69) is 10.1 Å². The van der Waals surface area contributed by atoms with Crippen LogP contribution in [0.2, 0.25) is 0 Å². The van der Waals surface area contributed by atoms with E-state index in [0.717, 1.165) is 6.42 Å². The number of ether oxygens (including phenoxy) is 1. The van der Waals surface area contributed by atoms with Gasteiger partial charge in [0, 0.05) is 12.6 Å². The first-order valence-electron chi connectivity index (χ1n) is 6.83. The molecular formula is C13H22N2O5. The Hall–Kier alpha value is -1.79. The summed E-state index contributed by atoms with van der Waals surface area (Å²) in [7, 11) is 1.28. The minimum Gasteiger partial charge on any atom is -0.481 e. The molecule has 0 radical (unpaired) electrons. The lowest BCUT2D eigenvalue weighted by atomic mass is 10.1. The molecule has 0 spiro atoms. The number of carbonyl (C=O) groups is 3. The molecular weight excluding hydrogens is 264 g/mol. The summed E-state index contributed by atoms with van der Waals surface area (Å²) in [6, 6.07) is -0.478. The first-order valence-corrected chi connectivity index (χ1v) is 6.83. The van der Waals surface area contributed by atoms with Crippen LogP contribution in [0, 0.1) is 5.92 Å². The average molecular weight is 286 g/mol. The number of urea groups is 1. The van der Waals surface area contributed by atoms with E-state index in [1.807, 2.05) is 6.92 Å². The summed E-state index contributed by atoms with van der Waals surface area (Å²) in [6.45, 7) is 2.27. The van der Waals surface area contributed by atoms with Gasteiger partial charge in [0.2, 0.25) is 0 Å². The molecule has 0 aromatic heterocycles. The van der Waals surface area contributed by atoms with Crippen molar-refractivity contribution in [2.75, 3.05) is 20.2 Å². The monoisotopic (exact) mass is 286 g/mol. The summed E-state index contributed by atoms with van der Waals surface area (Å²) < 4.78 is 4.56. The molecule has 2 amide bonds. The number of esters is 1. The number of carboxylic acid groups (broad SMARTS) is 1. The maximum Gasteiger partial charge on any atom is 0.325 e. The van der Waals surface area contributed by atoms with Crippen LogP contribution >= 0.6 is 0 Å². The third-order valence-corrected chi connectivity index (χ3v) is 3.44. The van der Waals surface area contributed by atoms with Gasteiger partial charge in [0.1, 0.15) is 6.54 Å². The van der Waals surface area contributed by atoms with E-state index in [4.69, 9.17) is 5.11 Å². The lowest BCUT2D eigenvalue weighted by molar-refractivity contribution is -0.142. The number of carbonyl (C=O) groups excluding carboxylic acids is 2. The Morgan fingerprint density at radius 2 is 2.05 bits per heavy atom. The quantitative estimate of drug-likeness (QED) is 0.705. The molecule has 7 heteroatoms. The number of methoxy groups -OCH3 is 1. The van der Waals surface area contributed by atoms with E-state index in [-0.39, 0.29) is 24.5 Å². The Morgan fingerprint density at radius 3 is 2.55 bits per heavy atom. The number of rotatable bonds is 6. The first kappa shape index (κ1) is 16.3. The predicted molar refractivity (Wildman–Crippen MR) is 71.2 cm³/mol. The van der Waals surface area contributed by atoms with E-state index in [1.165, 1.54) is 12.0 Å². The fourth-order valence-corrected chi connectivity index (χ4v) is 2.35. The summed E-state index contributed by atoms with van der Waals surface area (Å²) in [5.74, 6) is -1.68. The van der Waals surface area contributed by atoms with Crippen LogP contribution in [0.15, 0.2) is 0 Å². The second-order valence-electron chi connectivity index (χ2n) is 4.99. The highest BCUT2D eigenvalue weighted by molar-refractivity contribution is 5.81. The predicted octanol–water partition coefficient (Wildman–Crippen LogP) is 0.834. The Kier molecular flexibility index (Phi) is 6.27. The molecule has 0 saturated heterocycles. The highest BCUT2D eigenvalue weighted by Gasteiger charge is 2.31. The minimum atomic E-state index is -0.818. The van der Waals surface area contributed by atoms with Crippen LogP contribution in [-0.2, 0) is 14.3 Å². The van der Waals surface area contributed by atoms with Crippen molar-refractivity contribution in [3.8, 4) is 0 Å². The third kappa shape index (κ3) is 4.71. The zero-order valence-electron chi connectivity index (χ0n) is 11.9. The zero-order valence-corrected chi connectivity index (χ0v) is 11.9. The van der Waals surface area contributed by atoms with Crippen molar-refractivity contribution in [2.45, 2.75) is 38.6 Å². The largest absolute Gasteiger partial charge is 0.481 e. The summed E-state index contributed by atoms with van der Waals surface area (Å²) >= 11 is 0. The van der Waals surface area contributed by atoms with Gasteiger partial charge >= 0.3 is 18.0 Å². The van der Waals surface area contributed by atoms with Crippen LogP contribution in [0.5, 0.6) is 0 Å². The second-order valence-corrected chi connectivity index (χ2v) is 4.99. The maximum atomic E-state index is 12.1. The zero-order chi connectivity index (χ0) is 15.1. The molecule has 0 heterocycles. The normalized spacial score (nSPS) is 21.3. The average Bonchev–Trinajstić information content (AvgIpc) is 2.86. The van der Waals surface area contributed by atoms with Gasteiger partial charge in [-0.1, -0.05) is 6.92 Å². The summed E-state index contributed by atoms with van der Waals surface area (Å²) in [5, 5.41) is 11.7. The molecule has 1 fully saturated rings. The highest BCUT2D eigenvalue weighted by atomic mass is 16.5. The van der Waals surface area contributed by atoms with Gasteiger partial charge in [-0.15, -0.1) is 0 Å². The van der Waals surface area contributed by atoms with Gasteiger partial charge in [-0.2, -0.15) is 0 Å². The molecule has 1 saturated carbocycles. The lowest BCUT2D eigenvalue weighted by Gasteiger charge is -2.23. The molecule has 0 aliphatic heterocycles. The molecule has 0 bridgehead atoms. The number of carboxylic acids is 1. The molecule has 0 aromatic rings. The number of nitrogens with zero attached hydrogens (tertiary/aromatic N) is 1. The number of aliphatic carboxylic acids is 1. The second kappa shape index (κ2) is 7.72. The molecule has 1 aliphatic carbocycles.